The lowest BCUT2D eigenvalue weighted by Gasteiger charge is -2.02. The van der Waals surface area contributed by atoms with Gasteiger partial charge in [-0.05, 0) is 12.1 Å². The molecule has 0 radical (unpaired) electrons. The Labute approximate surface area is 85.5 Å². The summed E-state index contributed by atoms with van der Waals surface area (Å²) in [5, 5.41) is 8.88. The molecule has 0 saturated heterocycles. The predicted octanol–water partition coefficient (Wildman–Crippen LogP) is 0.883. The molecule has 74 valence electrons. The number of hydrogen-bond donors (Lipinski definition) is 0. The zero-order valence-electron chi connectivity index (χ0n) is 7.97. The lowest BCUT2D eigenvalue weighted by molar-refractivity contribution is -0.141. The second-order valence-corrected chi connectivity index (χ2v) is 2.94. The molecule has 1 aromatic carbocycles. The number of nitriles is 1. The molecule has 0 saturated carbocycles. The molecule has 0 aliphatic carbocycles. The van der Waals surface area contributed by atoms with Crippen LogP contribution in [0.4, 0.5) is 0 Å². The summed E-state index contributed by atoms with van der Waals surface area (Å²) >= 11 is 0. The molecule has 5 heteroatoms. The number of carbonyl (C=O) groups excluding carboxylic acids is 1. The fourth-order valence-corrected chi connectivity index (χ4v) is 1.34. The first kappa shape index (κ1) is 9.21. The van der Waals surface area contributed by atoms with Crippen LogP contribution in [0.2, 0.25) is 0 Å². The molecule has 0 atom stereocenters. The highest BCUT2D eigenvalue weighted by Gasteiger charge is 2.09. The van der Waals surface area contributed by atoms with Gasteiger partial charge in [-0.15, -0.1) is 0 Å². The van der Waals surface area contributed by atoms with Gasteiger partial charge in [-0.3, -0.25) is 0 Å². The number of fused-ring (bicyclic) bond motifs is 1. The summed E-state index contributed by atoms with van der Waals surface area (Å²) in [7, 11) is 0. The number of hydrogen-bond acceptors (Lipinski definition) is 4. The van der Waals surface area contributed by atoms with Crippen molar-refractivity contribution in [2.24, 2.45) is 0 Å². The fourth-order valence-electron chi connectivity index (χ4n) is 1.34. The Morgan fingerprint density at radius 1 is 1.60 bits per heavy atom. The van der Waals surface area contributed by atoms with E-state index in [4.69, 9.17) is 10.1 Å². The van der Waals surface area contributed by atoms with Crippen molar-refractivity contribution in [1.82, 2.24) is 9.71 Å². The largest absolute Gasteiger partial charge is 0.335 e. The van der Waals surface area contributed by atoms with Crippen LogP contribution in [-0.2, 0) is 4.79 Å². The number of rotatable bonds is 1. The maximum absolute atomic E-state index is 10.8. The van der Waals surface area contributed by atoms with E-state index in [-0.39, 0.29) is 0 Å². The summed E-state index contributed by atoms with van der Waals surface area (Å²) in [4.78, 5) is 19.7. The maximum Gasteiger partial charge on any atom is 0.329 e. The first-order chi connectivity index (χ1) is 7.22. The van der Waals surface area contributed by atoms with E-state index in [1.165, 1.54) is 18.0 Å². The summed E-state index contributed by atoms with van der Waals surface area (Å²) in [5.41, 5.74) is 1.55. The molecule has 2 aromatic rings. The average molecular weight is 201 g/mol. The highest BCUT2D eigenvalue weighted by Crippen LogP contribution is 2.15. The Balaban J connectivity index is 2.67. The van der Waals surface area contributed by atoms with Crippen molar-refractivity contribution in [3.8, 4) is 6.07 Å². The van der Waals surface area contributed by atoms with Gasteiger partial charge < -0.3 is 4.84 Å². The van der Waals surface area contributed by atoms with Crippen LogP contribution < -0.4 is 4.84 Å². The van der Waals surface area contributed by atoms with Gasteiger partial charge in [0.15, 0.2) is 0 Å². The molecule has 0 unspecified atom stereocenters. The van der Waals surface area contributed by atoms with E-state index in [0.29, 0.717) is 16.6 Å². The molecule has 0 bridgehead atoms. The number of aromatic nitrogens is 2. The monoisotopic (exact) mass is 201 g/mol. The molecular formula is C10H7N3O2. The highest BCUT2D eigenvalue weighted by atomic mass is 16.7. The number of carbonyl (C=O) groups is 1. The molecule has 0 aliphatic rings. The van der Waals surface area contributed by atoms with Crippen LogP contribution in [0.3, 0.4) is 0 Å². The van der Waals surface area contributed by atoms with Crippen LogP contribution in [0.1, 0.15) is 12.5 Å². The van der Waals surface area contributed by atoms with E-state index >= 15 is 0 Å². The molecular weight excluding hydrogens is 194 g/mol. The van der Waals surface area contributed by atoms with Crippen molar-refractivity contribution in [1.29, 1.82) is 5.26 Å². The van der Waals surface area contributed by atoms with Crippen molar-refractivity contribution in [3.63, 3.8) is 0 Å². The smallest absolute Gasteiger partial charge is 0.329 e. The Morgan fingerprint density at radius 2 is 2.40 bits per heavy atom. The van der Waals surface area contributed by atoms with Gasteiger partial charge in [0.1, 0.15) is 17.9 Å². The summed E-state index contributed by atoms with van der Waals surface area (Å²) in [6, 6.07) is 7.13. The van der Waals surface area contributed by atoms with Crippen LogP contribution in [0.15, 0.2) is 24.5 Å². The number of imidazole rings is 1. The van der Waals surface area contributed by atoms with Crippen LogP contribution in [0.5, 0.6) is 0 Å². The summed E-state index contributed by atoms with van der Waals surface area (Å²) in [5.74, 6) is -0.456. The van der Waals surface area contributed by atoms with E-state index < -0.39 is 5.97 Å². The Morgan fingerprint density at radius 3 is 3.07 bits per heavy atom. The molecule has 0 N–H and O–H groups in total. The Hall–Kier alpha value is -2.35. The molecule has 5 nitrogen and oxygen atoms in total. The molecule has 0 aliphatic heterocycles. The molecule has 0 fully saturated rings. The topological polar surface area (TPSA) is 67.9 Å². The molecule has 1 heterocycles. The van der Waals surface area contributed by atoms with E-state index in [2.05, 4.69) is 4.98 Å². The standard InChI is InChI=1S/C10H7N3O2/c1-7(14)15-13-6-12-9-4-2-3-8(5-11)10(9)13/h2-4,6H,1H3. The third-order valence-corrected chi connectivity index (χ3v) is 1.88. The summed E-state index contributed by atoms with van der Waals surface area (Å²) in [6.07, 6.45) is 1.37. The summed E-state index contributed by atoms with van der Waals surface area (Å²) in [6.45, 7) is 1.29. The van der Waals surface area contributed by atoms with Crippen LogP contribution in [0.25, 0.3) is 11.0 Å². The molecule has 0 amide bonds. The SMILES string of the molecule is CC(=O)On1cnc2cccc(C#N)c21. The first-order valence-corrected chi connectivity index (χ1v) is 4.27. The minimum absolute atomic E-state index is 0.422. The molecule has 2 rings (SSSR count). The minimum atomic E-state index is -0.456. The number of para-hydroxylation sites is 1. The van der Waals surface area contributed by atoms with Gasteiger partial charge in [0, 0.05) is 6.92 Å². The van der Waals surface area contributed by atoms with E-state index in [1.807, 2.05) is 6.07 Å². The van der Waals surface area contributed by atoms with Gasteiger partial charge in [-0.25, -0.2) is 9.78 Å². The molecule has 0 spiro atoms. The normalized spacial score (nSPS) is 9.87. The molecule has 1 aromatic heterocycles. The fraction of sp³-hybridized carbons (Fsp3) is 0.100. The number of nitrogens with zero attached hydrogens (tertiary/aromatic N) is 3. The first-order valence-electron chi connectivity index (χ1n) is 4.27. The Kier molecular flexibility index (Phi) is 2.10. The van der Waals surface area contributed by atoms with Crippen molar-refractivity contribution in [2.45, 2.75) is 6.92 Å². The van der Waals surface area contributed by atoms with Gasteiger partial charge in [-0.1, -0.05) is 6.07 Å². The van der Waals surface area contributed by atoms with E-state index in [1.54, 1.807) is 18.2 Å². The van der Waals surface area contributed by atoms with Crippen molar-refractivity contribution >= 4 is 17.0 Å². The zero-order chi connectivity index (χ0) is 10.8. The molecule has 15 heavy (non-hydrogen) atoms. The van der Waals surface area contributed by atoms with Crippen LogP contribution >= 0.6 is 0 Å². The third-order valence-electron chi connectivity index (χ3n) is 1.88. The average Bonchev–Trinajstić information content (AvgIpc) is 2.61. The second kappa shape index (κ2) is 3.42. The maximum atomic E-state index is 10.8. The zero-order valence-corrected chi connectivity index (χ0v) is 7.97. The van der Waals surface area contributed by atoms with Gasteiger partial charge >= 0.3 is 5.97 Å². The van der Waals surface area contributed by atoms with E-state index in [9.17, 15) is 4.79 Å². The van der Waals surface area contributed by atoms with Crippen molar-refractivity contribution in [3.05, 3.63) is 30.1 Å². The highest BCUT2D eigenvalue weighted by molar-refractivity contribution is 5.82. The summed E-state index contributed by atoms with van der Waals surface area (Å²) < 4.78 is 1.20. The number of benzene rings is 1. The van der Waals surface area contributed by atoms with Gasteiger partial charge in [0.05, 0.1) is 11.1 Å². The van der Waals surface area contributed by atoms with Gasteiger partial charge in [0.25, 0.3) is 0 Å². The quantitative estimate of drug-likeness (QED) is 0.686. The Bertz CT molecular complexity index is 566. The van der Waals surface area contributed by atoms with Crippen LogP contribution in [-0.4, -0.2) is 15.7 Å². The third kappa shape index (κ3) is 1.53. The van der Waals surface area contributed by atoms with E-state index in [0.717, 1.165) is 0 Å². The lowest BCUT2D eigenvalue weighted by Crippen LogP contribution is -2.15. The van der Waals surface area contributed by atoms with Gasteiger partial charge in [0.2, 0.25) is 0 Å². The second-order valence-electron chi connectivity index (χ2n) is 2.94. The van der Waals surface area contributed by atoms with Gasteiger partial charge in [-0.2, -0.15) is 9.99 Å². The predicted molar refractivity (Wildman–Crippen MR) is 51.7 cm³/mol. The lowest BCUT2D eigenvalue weighted by atomic mass is 10.2. The van der Waals surface area contributed by atoms with Crippen LogP contribution in [0, 0.1) is 11.3 Å². The minimum Gasteiger partial charge on any atom is -0.335 e. The van der Waals surface area contributed by atoms with Crippen molar-refractivity contribution < 1.29 is 9.63 Å². The van der Waals surface area contributed by atoms with Crippen molar-refractivity contribution in [2.75, 3.05) is 0 Å².